The Morgan fingerprint density at radius 2 is 1.80 bits per heavy atom. The number of hydrogen-bond donors (Lipinski definition) is 0. The number of ether oxygens (including phenoxy) is 1. The van der Waals surface area contributed by atoms with Crippen LogP contribution >= 0.6 is 23.2 Å². The highest BCUT2D eigenvalue weighted by atomic mass is 35.5. The third-order valence-electron chi connectivity index (χ3n) is 2.09. The van der Waals surface area contributed by atoms with Gasteiger partial charge in [0.2, 0.25) is 0 Å². The van der Waals surface area contributed by atoms with Crippen LogP contribution in [0.25, 0.3) is 0 Å². The van der Waals surface area contributed by atoms with Gasteiger partial charge in [0.15, 0.2) is 5.75 Å². The third-order valence-corrected chi connectivity index (χ3v) is 2.69. The molecule has 0 saturated heterocycles. The van der Waals surface area contributed by atoms with Gasteiger partial charge in [-0.1, -0.05) is 43.1 Å². The summed E-state index contributed by atoms with van der Waals surface area (Å²) in [6.07, 6.45) is 2.18. The van der Waals surface area contributed by atoms with Crippen molar-refractivity contribution in [2.24, 2.45) is 5.92 Å². The highest BCUT2D eigenvalue weighted by molar-refractivity contribution is 6.37. The van der Waals surface area contributed by atoms with E-state index in [9.17, 15) is 0 Å². The molecule has 0 amide bonds. The lowest BCUT2D eigenvalue weighted by Crippen LogP contribution is -2.00. The second kappa shape index (κ2) is 6.24. The van der Waals surface area contributed by atoms with Gasteiger partial charge in [-0.05, 0) is 30.9 Å². The van der Waals surface area contributed by atoms with E-state index in [1.807, 2.05) is 6.07 Å². The summed E-state index contributed by atoms with van der Waals surface area (Å²) >= 11 is 11.9. The van der Waals surface area contributed by atoms with Crippen LogP contribution in [0, 0.1) is 5.92 Å². The van der Waals surface area contributed by atoms with Gasteiger partial charge in [0.05, 0.1) is 16.7 Å². The van der Waals surface area contributed by atoms with Crippen molar-refractivity contribution < 1.29 is 4.74 Å². The second-order valence-corrected chi connectivity index (χ2v) is 4.75. The van der Waals surface area contributed by atoms with E-state index >= 15 is 0 Å². The molecule has 0 radical (unpaired) electrons. The fourth-order valence-electron chi connectivity index (χ4n) is 1.29. The van der Waals surface area contributed by atoms with Crippen molar-refractivity contribution in [2.75, 3.05) is 6.61 Å². The number of para-hydroxylation sites is 1. The number of rotatable bonds is 5. The molecule has 1 nitrogen and oxygen atoms in total. The van der Waals surface area contributed by atoms with E-state index < -0.39 is 0 Å². The molecule has 3 heteroatoms. The largest absolute Gasteiger partial charge is 0.490 e. The smallest absolute Gasteiger partial charge is 0.156 e. The van der Waals surface area contributed by atoms with Gasteiger partial charge >= 0.3 is 0 Å². The number of benzene rings is 1. The Kier molecular flexibility index (Phi) is 5.27. The van der Waals surface area contributed by atoms with Crippen molar-refractivity contribution in [3.05, 3.63) is 28.2 Å². The molecule has 84 valence electrons. The first-order valence-electron chi connectivity index (χ1n) is 5.18. The van der Waals surface area contributed by atoms with Crippen LogP contribution in [0.3, 0.4) is 0 Å². The Morgan fingerprint density at radius 1 is 1.20 bits per heavy atom. The molecule has 0 saturated carbocycles. The molecule has 0 heterocycles. The summed E-state index contributed by atoms with van der Waals surface area (Å²) in [4.78, 5) is 0. The van der Waals surface area contributed by atoms with Crippen LogP contribution in [0.2, 0.25) is 10.0 Å². The average molecular weight is 247 g/mol. The van der Waals surface area contributed by atoms with E-state index in [0.29, 0.717) is 28.3 Å². The molecule has 0 aliphatic heterocycles. The zero-order valence-electron chi connectivity index (χ0n) is 9.09. The van der Waals surface area contributed by atoms with Crippen LogP contribution in [-0.2, 0) is 0 Å². The predicted molar refractivity (Wildman–Crippen MR) is 66.0 cm³/mol. The van der Waals surface area contributed by atoms with Crippen LogP contribution in [0.15, 0.2) is 18.2 Å². The van der Waals surface area contributed by atoms with Gasteiger partial charge in [0.25, 0.3) is 0 Å². The first-order valence-corrected chi connectivity index (χ1v) is 5.93. The van der Waals surface area contributed by atoms with Crippen molar-refractivity contribution in [1.82, 2.24) is 0 Å². The average Bonchev–Trinajstić information content (AvgIpc) is 2.15. The Labute approximate surface area is 101 Å². The first kappa shape index (κ1) is 12.7. The van der Waals surface area contributed by atoms with E-state index in [1.54, 1.807) is 12.1 Å². The second-order valence-electron chi connectivity index (χ2n) is 3.94. The Balaban J connectivity index is 2.43. The van der Waals surface area contributed by atoms with Crippen LogP contribution in [0.4, 0.5) is 0 Å². The van der Waals surface area contributed by atoms with Gasteiger partial charge in [-0.3, -0.25) is 0 Å². The minimum Gasteiger partial charge on any atom is -0.490 e. The summed E-state index contributed by atoms with van der Waals surface area (Å²) < 4.78 is 5.55. The molecule has 0 aliphatic carbocycles. The summed E-state index contributed by atoms with van der Waals surface area (Å²) in [7, 11) is 0. The van der Waals surface area contributed by atoms with Crippen LogP contribution in [-0.4, -0.2) is 6.61 Å². The summed E-state index contributed by atoms with van der Waals surface area (Å²) in [5.41, 5.74) is 0. The molecule has 15 heavy (non-hydrogen) atoms. The molecule has 0 unspecified atom stereocenters. The van der Waals surface area contributed by atoms with Crippen molar-refractivity contribution in [2.45, 2.75) is 26.7 Å². The molecule has 1 rings (SSSR count). The Hall–Kier alpha value is -0.400. The molecule has 0 atom stereocenters. The maximum Gasteiger partial charge on any atom is 0.156 e. The van der Waals surface area contributed by atoms with E-state index in [-0.39, 0.29) is 0 Å². The Bertz CT molecular complexity index is 290. The van der Waals surface area contributed by atoms with Crippen molar-refractivity contribution in [3.8, 4) is 5.75 Å². The van der Waals surface area contributed by atoms with Crippen molar-refractivity contribution in [1.29, 1.82) is 0 Å². The molecule has 0 aromatic heterocycles. The minimum atomic E-state index is 0.576. The van der Waals surface area contributed by atoms with Crippen molar-refractivity contribution >= 4 is 23.2 Å². The molecule has 0 aliphatic rings. The minimum absolute atomic E-state index is 0.576. The van der Waals surface area contributed by atoms with Crippen LogP contribution in [0.5, 0.6) is 5.75 Å². The first-order chi connectivity index (χ1) is 7.11. The molecule has 0 spiro atoms. The topological polar surface area (TPSA) is 9.23 Å². The molecule has 0 N–H and O–H groups in total. The predicted octanol–water partition coefficient (Wildman–Crippen LogP) is 4.81. The van der Waals surface area contributed by atoms with Gasteiger partial charge in [0.1, 0.15) is 0 Å². The number of hydrogen-bond acceptors (Lipinski definition) is 1. The van der Waals surface area contributed by atoms with Gasteiger partial charge in [-0.2, -0.15) is 0 Å². The lowest BCUT2D eigenvalue weighted by atomic mass is 10.1. The van der Waals surface area contributed by atoms with Crippen LogP contribution < -0.4 is 4.74 Å². The molecule has 1 aromatic carbocycles. The highest BCUT2D eigenvalue weighted by Crippen LogP contribution is 2.32. The quantitative estimate of drug-likeness (QED) is 0.678. The fraction of sp³-hybridized carbons (Fsp3) is 0.500. The van der Waals surface area contributed by atoms with E-state index in [4.69, 9.17) is 27.9 Å². The lowest BCUT2D eigenvalue weighted by molar-refractivity contribution is 0.298. The van der Waals surface area contributed by atoms with Crippen molar-refractivity contribution in [3.63, 3.8) is 0 Å². The van der Waals surface area contributed by atoms with Gasteiger partial charge in [0, 0.05) is 0 Å². The standard InChI is InChI=1S/C12H16Cl2O/c1-9(2)5-4-8-15-12-10(13)6-3-7-11(12)14/h3,6-7,9H,4-5,8H2,1-2H3. The molecular weight excluding hydrogens is 231 g/mol. The van der Waals surface area contributed by atoms with Crippen LogP contribution in [0.1, 0.15) is 26.7 Å². The maximum absolute atomic E-state index is 5.96. The summed E-state index contributed by atoms with van der Waals surface area (Å²) in [6.45, 7) is 5.06. The van der Waals surface area contributed by atoms with E-state index in [1.165, 1.54) is 0 Å². The monoisotopic (exact) mass is 246 g/mol. The Morgan fingerprint density at radius 3 is 2.33 bits per heavy atom. The fourth-order valence-corrected chi connectivity index (χ4v) is 1.79. The highest BCUT2D eigenvalue weighted by Gasteiger charge is 2.05. The summed E-state index contributed by atoms with van der Waals surface area (Å²) in [6, 6.07) is 5.38. The number of halogens is 2. The molecule has 0 fully saturated rings. The van der Waals surface area contributed by atoms with Gasteiger partial charge in [-0.25, -0.2) is 0 Å². The lowest BCUT2D eigenvalue weighted by Gasteiger charge is -2.10. The zero-order valence-corrected chi connectivity index (χ0v) is 10.6. The normalized spacial score (nSPS) is 10.7. The third kappa shape index (κ3) is 4.31. The van der Waals surface area contributed by atoms with Gasteiger partial charge < -0.3 is 4.74 Å². The zero-order chi connectivity index (χ0) is 11.3. The van der Waals surface area contributed by atoms with E-state index in [0.717, 1.165) is 12.8 Å². The van der Waals surface area contributed by atoms with E-state index in [2.05, 4.69) is 13.8 Å². The molecular formula is C12H16Cl2O. The molecule has 1 aromatic rings. The maximum atomic E-state index is 5.96. The van der Waals surface area contributed by atoms with Gasteiger partial charge in [-0.15, -0.1) is 0 Å². The molecule has 0 bridgehead atoms. The summed E-state index contributed by atoms with van der Waals surface area (Å²) in [5, 5.41) is 1.15. The SMILES string of the molecule is CC(C)CCCOc1c(Cl)cccc1Cl. The summed E-state index contributed by atoms with van der Waals surface area (Å²) in [5.74, 6) is 1.31.